The maximum absolute atomic E-state index is 9.60. The Hall–Kier alpha value is -1.99. The lowest BCUT2D eigenvalue weighted by Crippen LogP contribution is -2.27. The molecule has 5 N–H and O–H groups in total. The summed E-state index contributed by atoms with van der Waals surface area (Å²) in [5.74, 6) is -0.197. The van der Waals surface area contributed by atoms with Crippen LogP contribution in [0.3, 0.4) is 0 Å². The van der Waals surface area contributed by atoms with Crippen molar-refractivity contribution in [1.29, 1.82) is 0 Å². The molecule has 0 saturated heterocycles. The number of hydrogen-bond acceptors (Lipinski definition) is 5. The predicted molar refractivity (Wildman–Crippen MR) is 63.8 cm³/mol. The molecule has 0 aliphatic rings. The van der Waals surface area contributed by atoms with Gasteiger partial charge in [0.25, 0.3) is 0 Å². The summed E-state index contributed by atoms with van der Waals surface area (Å²) < 4.78 is 4.87. The number of methoxy groups -OCH3 is 1. The zero-order valence-electron chi connectivity index (χ0n) is 8.88. The van der Waals surface area contributed by atoms with Gasteiger partial charge in [0.15, 0.2) is 11.5 Å². The first kappa shape index (κ1) is 13.1. The fourth-order valence-electron chi connectivity index (χ4n) is 1.00. The number of halogens is 1. The van der Waals surface area contributed by atoms with E-state index >= 15 is 0 Å². The van der Waals surface area contributed by atoms with Crippen molar-refractivity contribution < 1.29 is 15.1 Å². The van der Waals surface area contributed by atoms with E-state index in [4.69, 9.17) is 27.3 Å². The fourth-order valence-corrected chi connectivity index (χ4v) is 1.21. The van der Waals surface area contributed by atoms with Crippen LogP contribution in [0.5, 0.6) is 11.5 Å². The third-order valence-electron chi connectivity index (χ3n) is 1.81. The molecule has 0 aromatic heterocycles. The Kier molecular flexibility index (Phi) is 4.56. The summed E-state index contributed by atoms with van der Waals surface area (Å²) in [6.45, 7) is 0. The van der Waals surface area contributed by atoms with Crippen LogP contribution in [0.25, 0.3) is 0 Å². The van der Waals surface area contributed by atoms with Crippen LogP contribution in [-0.2, 0) is 0 Å². The maximum atomic E-state index is 9.60. The van der Waals surface area contributed by atoms with E-state index in [1.54, 1.807) is 11.5 Å². The number of nitrogens with zero attached hydrogens (tertiary/aromatic N) is 2. The molecule has 0 radical (unpaired) electrons. The van der Waals surface area contributed by atoms with Crippen molar-refractivity contribution in [2.45, 2.75) is 0 Å². The summed E-state index contributed by atoms with van der Waals surface area (Å²) in [7, 11) is 1.41. The zero-order chi connectivity index (χ0) is 12.8. The second kappa shape index (κ2) is 5.92. The lowest BCUT2D eigenvalue weighted by Gasteiger charge is -2.06. The molecule has 0 bridgehead atoms. The molecule has 0 aliphatic carbocycles. The molecule has 92 valence electrons. The standard InChI is InChI=1S/C9H11ClN4O3/c1-17-6-3-2-5(7(10)8(6)15)4-12-13-9(11)14-16/h2-4,15-16H,1H3,(H3,11,13,14)/b12-4+. The van der Waals surface area contributed by atoms with Gasteiger partial charge in [-0.2, -0.15) is 5.10 Å². The quantitative estimate of drug-likeness (QED) is 0.362. The number of hydroxylamine groups is 1. The van der Waals surface area contributed by atoms with Crippen LogP contribution in [-0.4, -0.2) is 29.6 Å². The van der Waals surface area contributed by atoms with Gasteiger partial charge in [0, 0.05) is 5.56 Å². The minimum Gasteiger partial charge on any atom is -0.503 e. The van der Waals surface area contributed by atoms with Crippen molar-refractivity contribution >= 4 is 23.8 Å². The predicted octanol–water partition coefficient (Wildman–Crippen LogP) is 0.682. The highest BCUT2D eigenvalue weighted by Crippen LogP contribution is 2.35. The number of guanidine groups is 1. The second-order valence-corrected chi connectivity index (χ2v) is 3.24. The number of hydrogen-bond donors (Lipinski definition) is 4. The van der Waals surface area contributed by atoms with E-state index < -0.39 is 0 Å². The molecule has 0 heterocycles. The van der Waals surface area contributed by atoms with Crippen molar-refractivity contribution in [3.05, 3.63) is 22.7 Å². The van der Waals surface area contributed by atoms with E-state index in [0.29, 0.717) is 5.56 Å². The Morgan fingerprint density at radius 1 is 1.59 bits per heavy atom. The largest absolute Gasteiger partial charge is 0.503 e. The lowest BCUT2D eigenvalue weighted by molar-refractivity contribution is 0.232. The van der Waals surface area contributed by atoms with Crippen LogP contribution in [0.15, 0.2) is 22.3 Å². The number of nitrogens with one attached hydrogen (secondary N) is 1. The Morgan fingerprint density at radius 2 is 2.29 bits per heavy atom. The van der Waals surface area contributed by atoms with E-state index in [1.165, 1.54) is 19.4 Å². The van der Waals surface area contributed by atoms with E-state index in [-0.39, 0.29) is 22.5 Å². The molecule has 1 rings (SSSR count). The van der Waals surface area contributed by atoms with Crippen LogP contribution in [0.4, 0.5) is 0 Å². The SMILES string of the molecule is COc1ccc(/C=N/N=C(N)NO)c(Cl)c1O. The van der Waals surface area contributed by atoms with Gasteiger partial charge in [-0.1, -0.05) is 11.6 Å². The van der Waals surface area contributed by atoms with Gasteiger partial charge in [-0.05, 0) is 12.1 Å². The van der Waals surface area contributed by atoms with Crippen molar-refractivity contribution in [3.63, 3.8) is 0 Å². The maximum Gasteiger partial charge on any atom is 0.237 e. The Labute approximate surface area is 102 Å². The monoisotopic (exact) mass is 258 g/mol. The molecule has 0 amide bonds. The smallest absolute Gasteiger partial charge is 0.237 e. The van der Waals surface area contributed by atoms with Gasteiger partial charge in [-0.15, -0.1) is 5.10 Å². The van der Waals surface area contributed by atoms with E-state index in [1.807, 2.05) is 0 Å². The molecule has 0 aliphatic heterocycles. The average Bonchev–Trinajstić information content (AvgIpc) is 2.34. The number of nitrogens with two attached hydrogens (primary N) is 1. The molecule has 0 spiro atoms. The Bertz CT molecular complexity index is 462. The van der Waals surface area contributed by atoms with Gasteiger partial charge in [-0.3, -0.25) is 5.21 Å². The molecule has 0 atom stereocenters. The first-order valence-corrected chi connectivity index (χ1v) is 4.80. The number of phenols is 1. The van der Waals surface area contributed by atoms with Gasteiger partial charge in [0.2, 0.25) is 5.96 Å². The van der Waals surface area contributed by atoms with Gasteiger partial charge in [0.1, 0.15) is 0 Å². The summed E-state index contributed by atoms with van der Waals surface area (Å²) >= 11 is 5.86. The molecule has 0 saturated carbocycles. The highest BCUT2D eigenvalue weighted by atomic mass is 35.5. The summed E-state index contributed by atoms with van der Waals surface area (Å²) in [5, 5.41) is 25.0. The molecular weight excluding hydrogens is 248 g/mol. The van der Waals surface area contributed by atoms with Crippen molar-refractivity contribution in [1.82, 2.24) is 5.48 Å². The topological polar surface area (TPSA) is 112 Å². The van der Waals surface area contributed by atoms with Gasteiger partial charge in [-0.25, -0.2) is 5.48 Å². The minimum atomic E-state index is -0.268. The van der Waals surface area contributed by atoms with Gasteiger partial charge in [0.05, 0.1) is 18.3 Å². The lowest BCUT2D eigenvalue weighted by atomic mass is 10.2. The molecule has 0 unspecified atom stereocenters. The zero-order valence-corrected chi connectivity index (χ0v) is 9.64. The molecule has 1 aromatic carbocycles. The van der Waals surface area contributed by atoms with Crippen LogP contribution in [0.1, 0.15) is 5.56 Å². The normalized spacial score (nSPS) is 11.8. The van der Waals surface area contributed by atoms with E-state index in [0.717, 1.165) is 0 Å². The number of aromatic hydroxyl groups is 1. The molecule has 1 aromatic rings. The third kappa shape index (κ3) is 3.23. The highest BCUT2D eigenvalue weighted by Gasteiger charge is 2.09. The second-order valence-electron chi connectivity index (χ2n) is 2.86. The minimum absolute atomic E-state index is 0.0822. The number of phenolic OH excluding ortho intramolecular Hbond substituents is 1. The fraction of sp³-hybridized carbons (Fsp3) is 0.111. The summed E-state index contributed by atoms with van der Waals surface area (Å²) in [6, 6.07) is 3.11. The molecular formula is C9H11ClN4O3. The van der Waals surface area contributed by atoms with E-state index in [2.05, 4.69) is 10.2 Å². The number of benzene rings is 1. The highest BCUT2D eigenvalue weighted by molar-refractivity contribution is 6.34. The number of rotatable bonds is 3. The van der Waals surface area contributed by atoms with Gasteiger partial charge < -0.3 is 15.6 Å². The summed E-state index contributed by atoms with van der Waals surface area (Å²) in [6.07, 6.45) is 1.27. The Morgan fingerprint density at radius 3 is 2.88 bits per heavy atom. The average molecular weight is 259 g/mol. The van der Waals surface area contributed by atoms with Gasteiger partial charge >= 0.3 is 0 Å². The van der Waals surface area contributed by atoms with E-state index in [9.17, 15) is 5.11 Å². The van der Waals surface area contributed by atoms with Crippen LogP contribution < -0.4 is 16.0 Å². The molecule has 0 fully saturated rings. The van der Waals surface area contributed by atoms with Crippen molar-refractivity contribution in [2.24, 2.45) is 15.9 Å². The van der Waals surface area contributed by atoms with Crippen LogP contribution in [0, 0.1) is 0 Å². The Balaban J connectivity index is 2.97. The van der Waals surface area contributed by atoms with Crippen LogP contribution >= 0.6 is 11.6 Å². The number of ether oxygens (including phenoxy) is 1. The summed E-state index contributed by atoms with van der Waals surface area (Å²) in [5.41, 5.74) is 7.16. The third-order valence-corrected chi connectivity index (χ3v) is 2.20. The molecule has 8 heteroatoms. The summed E-state index contributed by atoms with van der Waals surface area (Å²) in [4.78, 5) is 0. The van der Waals surface area contributed by atoms with Crippen LogP contribution in [0.2, 0.25) is 5.02 Å². The van der Waals surface area contributed by atoms with Crippen molar-refractivity contribution in [2.75, 3.05) is 7.11 Å². The van der Waals surface area contributed by atoms with Crippen molar-refractivity contribution in [3.8, 4) is 11.5 Å². The first-order valence-electron chi connectivity index (χ1n) is 4.42. The molecule has 7 nitrogen and oxygen atoms in total. The molecule has 17 heavy (non-hydrogen) atoms. The first-order chi connectivity index (χ1) is 8.10.